The highest BCUT2D eigenvalue weighted by Crippen LogP contribution is 2.55. The van der Waals surface area contributed by atoms with Crippen LogP contribution in [0.1, 0.15) is 51.5 Å². The molecule has 2 nitrogen and oxygen atoms in total. The second-order valence-electron chi connectivity index (χ2n) is 6.64. The third kappa shape index (κ3) is 1.60. The molecule has 1 saturated heterocycles. The average molecular weight is 277 g/mol. The minimum absolute atomic E-state index is 0.0354. The lowest BCUT2D eigenvalue weighted by molar-refractivity contribution is 0.00274. The molecule has 2 bridgehead atoms. The molecule has 0 N–H and O–H groups in total. The van der Waals surface area contributed by atoms with Crippen molar-refractivity contribution < 1.29 is 13.0 Å². The molecule has 1 heterocycles. The first-order valence-corrected chi connectivity index (χ1v) is 7.69. The first-order valence-electron chi connectivity index (χ1n) is 10.7. The van der Waals surface area contributed by atoms with E-state index in [-0.39, 0.29) is 11.5 Å². The Morgan fingerprint density at radius 2 is 2.35 bits per heavy atom. The number of likely N-dealkylation sites (tertiary alicyclic amines) is 1. The summed E-state index contributed by atoms with van der Waals surface area (Å²) in [4.78, 5) is 1.73. The summed E-state index contributed by atoms with van der Waals surface area (Å²) in [6.45, 7) is -1.49. The molecule has 2 fully saturated rings. The van der Waals surface area contributed by atoms with Crippen LogP contribution in [0.15, 0.2) is 18.2 Å². The fourth-order valence-corrected chi connectivity index (χ4v) is 5.05. The third-order valence-corrected chi connectivity index (χ3v) is 5.93. The fourth-order valence-electron chi connectivity index (χ4n) is 5.05. The summed E-state index contributed by atoms with van der Waals surface area (Å²) in [7, 11) is -2.46. The van der Waals surface area contributed by atoms with Crippen LogP contribution < -0.4 is 4.74 Å². The number of benzene rings is 1. The number of piperidine rings is 1. The van der Waals surface area contributed by atoms with Crippen LogP contribution >= 0.6 is 0 Å². The summed E-state index contributed by atoms with van der Waals surface area (Å²) in [5.41, 5.74) is 2.32. The van der Waals surface area contributed by atoms with Gasteiger partial charge in [-0.15, -0.1) is 0 Å². The van der Waals surface area contributed by atoms with Crippen LogP contribution in [0.5, 0.6) is 5.75 Å². The highest BCUT2D eigenvalue weighted by molar-refractivity contribution is 5.45. The number of likely N-dealkylation sites (N-methyl/N-ethyl adjacent to an activating group) is 1. The first-order chi connectivity index (χ1) is 12.1. The number of ether oxygens (including phenoxy) is 1. The summed E-state index contributed by atoms with van der Waals surface area (Å²) in [6, 6.07) is 5.61. The molecule has 20 heavy (non-hydrogen) atoms. The second kappa shape index (κ2) is 4.49. The molecule has 2 aliphatic carbocycles. The second-order valence-corrected chi connectivity index (χ2v) is 6.64. The van der Waals surface area contributed by atoms with E-state index in [2.05, 4.69) is 0 Å². The highest BCUT2D eigenvalue weighted by Gasteiger charge is 2.53. The van der Waals surface area contributed by atoms with E-state index >= 15 is 0 Å². The Morgan fingerprint density at radius 3 is 3.25 bits per heavy atom. The number of methoxy groups -OCH3 is 1. The van der Waals surface area contributed by atoms with E-state index in [1.165, 1.54) is 5.56 Å². The highest BCUT2D eigenvalue weighted by atomic mass is 16.5. The van der Waals surface area contributed by atoms with Gasteiger partial charge in [0.05, 0.1) is 11.2 Å². The SMILES string of the molecule is [2H]C([2H])([2H])Oc1ccc2c(c1)[C@]13CCCC[C@@H]1[C@H](C2)N(C([2H])([2H])[2H])CC3. The fraction of sp³-hybridized carbons (Fsp3) is 0.667. The molecule has 3 aliphatic rings. The molecular weight excluding hydrogens is 246 g/mol. The van der Waals surface area contributed by atoms with Gasteiger partial charge in [0.15, 0.2) is 0 Å². The van der Waals surface area contributed by atoms with Crippen molar-refractivity contribution in [3.8, 4) is 5.75 Å². The predicted octanol–water partition coefficient (Wildman–Crippen LogP) is 3.38. The van der Waals surface area contributed by atoms with Crippen molar-refractivity contribution in [3.05, 3.63) is 29.3 Å². The zero-order valence-corrected chi connectivity index (χ0v) is 11.7. The Labute approximate surface area is 130 Å². The van der Waals surface area contributed by atoms with Crippen molar-refractivity contribution >= 4 is 0 Å². The molecule has 0 amide bonds. The zero-order chi connectivity index (χ0) is 18.7. The van der Waals surface area contributed by atoms with E-state index in [1.54, 1.807) is 11.0 Å². The van der Waals surface area contributed by atoms with Gasteiger partial charge in [0.2, 0.25) is 0 Å². The third-order valence-electron chi connectivity index (χ3n) is 5.93. The van der Waals surface area contributed by atoms with E-state index in [0.717, 1.165) is 37.7 Å². The molecule has 0 aromatic heterocycles. The van der Waals surface area contributed by atoms with Crippen molar-refractivity contribution in [2.45, 2.75) is 50.0 Å². The molecule has 0 unspecified atom stereocenters. The molecule has 0 radical (unpaired) electrons. The van der Waals surface area contributed by atoms with Gasteiger partial charge in [-0.25, -0.2) is 0 Å². The van der Waals surface area contributed by atoms with Gasteiger partial charge in [0.25, 0.3) is 0 Å². The minimum atomic E-state index is -2.46. The van der Waals surface area contributed by atoms with Crippen molar-refractivity contribution in [2.75, 3.05) is 20.6 Å². The Hall–Kier alpha value is -1.02. The van der Waals surface area contributed by atoms with E-state index in [0.29, 0.717) is 24.6 Å². The molecule has 3 atom stereocenters. The summed E-state index contributed by atoms with van der Waals surface area (Å²) in [5, 5.41) is 0. The average Bonchev–Trinajstić information content (AvgIpc) is 2.53. The van der Waals surface area contributed by atoms with Crippen LogP contribution in [0.4, 0.5) is 0 Å². The van der Waals surface area contributed by atoms with Gasteiger partial charge in [-0.2, -0.15) is 0 Å². The Balaban J connectivity index is 1.78. The molecule has 1 saturated carbocycles. The molecular formula is C18H25NO. The van der Waals surface area contributed by atoms with Gasteiger partial charge in [0.1, 0.15) is 5.75 Å². The maximum absolute atomic E-state index is 7.95. The largest absolute Gasteiger partial charge is 0.497 e. The lowest BCUT2D eigenvalue weighted by Gasteiger charge is -2.58. The Morgan fingerprint density at radius 1 is 1.35 bits per heavy atom. The molecule has 1 aromatic carbocycles. The minimum Gasteiger partial charge on any atom is -0.497 e. The summed E-state index contributed by atoms with van der Waals surface area (Å²) in [6.07, 6.45) is 5.90. The maximum atomic E-state index is 7.95. The van der Waals surface area contributed by atoms with Crippen LogP contribution in [0.3, 0.4) is 0 Å². The van der Waals surface area contributed by atoms with Gasteiger partial charge in [-0.05, 0) is 68.4 Å². The first kappa shape index (κ1) is 7.84. The normalized spacial score (nSPS) is 41.8. The van der Waals surface area contributed by atoms with Crippen molar-refractivity contribution in [1.29, 1.82) is 0 Å². The van der Waals surface area contributed by atoms with Gasteiger partial charge < -0.3 is 9.64 Å². The van der Waals surface area contributed by atoms with Crippen LogP contribution in [0.2, 0.25) is 0 Å². The van der Waals surface area contributed by atoms with Gasteiger partial charge in [-0.1, -0.05) is 18.9 Å². The quantitative estimate of drug-likeness (QED) is 0.780. The summed E-state index contributed by atoms with van der Waals surface area (Å²) in [5.74, 6) is 0.708. The Bertz CT molecular complexity index is 700. The van der Waals surface area contributed by atoms with E-state index in [9.17, 15) is 0 Å². The number of rotatable bonds is 1. The van der Waals surface area contributed by atoms with E-state index < -0.39 is 14.0 Å². The molecule has 0 spiro atoms. The molecule has 4 rings (SSSR count). The lowest BCUT2D eigenvalue weighted by atomic mass is 9.52. The Kier molecular flexibility index (Phi) is 1.76. The molecule has 1 aliphatic heterocycles. The van der Waals surface area contributed by atoms with Gasteiger partial charge in [-0.3, -0.25) is 0 Å². The number of nitrogens with zero attached hydrogens (tertiary/aromatic N) is 1. The smallest absolute Gasteiger partial charge is 0.119 e. The number of fused-ring (bicyclic) bond motifs is 1. The monoisotopic (exact) mass is 277 g/mol. The topological polar surface area (TPSA) is 12.5 Å². The van der Waals surface area contributed by atoms with Gasteiger partial charge >= 0.3 is 0 Å². The summed E-state index contributed by atoms with van der Waals surface area (Å²) < 4.78 is 51.1. The van der Waals surface area contributed by atoms with Crippen LogP contribution in [-0.4, -0.2) is 31.5 Å². The predicted molar refractivity (Wildman–Crippen MR) is 81.4 cm³/mol. The molecule has 2 heteroatoms. The lowest BCUT2D eigenvalue weighted by Crippen LogP contribution is -2.59. The summed E-state index contributed by atoms with van der Waals surface area (Å²) >= 11 is 0. The van der Waals surface area contributed by atoms with Gasteiger partial charge in [0, 0.05) is 15.6 Å². The maximum Gasteiger partial charge on any atom is 0.119 e. The van der Waals surface area contributed by atoms with E-state index in [4.69, 9.17) is 13.0 Å². The van der Waals surface area contributed by atoms with Crippen LogP contribution in [0, 0.1) is 5.92 Å². The number of hydrogen-bond donors (Lipinski definition) is 0. The molecule has 108 valence electrons. The van der Waals surface area contributed by atoms with Crippen molar-refractivity contribution in [3.63, 3.8) is 0 Å². The molecule has 1 aromatic rings. The van der Waals surface area contributed by atoms with Crippen LogP contribution in [-0.2, 0) is 11.8 Å². The van der Waals surface area contributed by atoms with E-state index in [1.807, 2.05) is 12.1 Å². The zero-order valence-electron chi connectivity index (χ0n) is 17.7. The van der Waals surface area contributed by atoms with Crippen molar-refractivity contribution in [1.82, 2.24) is 4.90 Å². The number of hydrogen-bond acceptors (Lipinski definition) is 2. The standard InChI is InChI=1S/C18H25NO/c1-19-10-9-18-8-4-3-5-15(18)17(19)11-13-6-7-14(20-2)12-16(13)18/h6-7,12,15,17H,3-5,8-11H2,1-2H3/t15-,17+,18+/m1/s1/i1D3,2D3. The van der Waals surface area contributed by atoms with Crippen LogP contribution in [0.25, 0.3) is 0 Å². The van der Waals surface area contributed by atoms with Crippen molar-refractivity contribution in [2.24, 2.45) is 5.92 Å².